The van der Waals surface area contributed by atoms with Crippen LogP contribution in [0, 0.1) is 5.41 Å². The van der Waals surface area contributed by atoms with Gasteiger partial charge in [-0.15, -0.1) is 0 Å². The zero-order valence-corrected chi connectivity index (χ0v) is 20.6. The molecule has 0 radical (unpaired) electrons. The SMILES string of the molecule is CC1(C)CCc2c(Cc3ccccn3)nn(-c3ccc(C(N)=O)c(N[C@H]4CC[C@H](O)CC4)c3)c2C1. The first-order valence-corrected chi connectivity index (χ1v) is 12.7. The molecule has 2 aliphatic carbocycles. The molecule has 5 rings (SSSR count). The number of carbonyl (C=O) groups is 1. The minimum absolute atomic E-state index is 0.199. The molecule has 7 heteroatoms. The molecular weight excluding hydrogens is 438 g/mol. The predicted molar refractivity (Wildman–Crippen MR) is 137 cm³/mol. The molecule has 0 saturated heterocycles. The van der Waals surface area contributed by atoms with Gasteiger partial charge in [-0.1, -0.05) is 19.9 Å². The van der Waals surface area contributed by atoms with Gasteiger partial charge in [0, 0.05) is 35.7 Å². The highest BCUT2D eigenvalue weighted by atomic mass is 16.3. The van der Waals surface area contributed by atoms with Crippen LogP contribution in [0.15, 0.2) is 42.6 Å². The monoisotopic (exact) mass is 473 g/mol. The smallest absolute Gasteiger partial charge is 0.250 e. The van der Waals surface area contributed by atoms with Gasteiger partial charge < -0.3 is 16.2 Å². The first-order chi connectivity index (χ1) is 16.8. The second-order valence-corrected chi connectivity index (χ2v) is 10.9. The van der Waals surface area contributed by atoms with Crippen LogP contribution in [0.1, 0.15) is 79.0 Å². The maximum atomic E-state index is 12.2. The first kappa shape index (κ1) is 23.5. The topological polar surface area (TPSA) is 106 Å². The summed E-state index contributed by atoms with van der Waals surface area (Å²) in [7, 11) is 0. The molecule has 0 atom stereocenters. The Bertz CT molecular complexity index is 1210. The van der Waals surface area contributed by atoms with E-state index in [1.54, 1.807) is 6.07 Å². The van der Waals surface area contributed by atoms with Crippen molar-refractivity contribution >= 4 is 11.6 Å². The number of hydrogen-bond acceptors (Lipinski definition) is 5. The van der Waals surface area contributed by atoms with Crippen LogP contribution in [0.2, 0.25) is 0 Å². The summed E-state index contributed by atoms with van der Waals surface area (Å²) in [6.45, 7) is 4.62. The predicted octanol–water partition coefficient (Wildman–Crippen LogP) is 4.19. The fraction of sp³-hybridized carbons (Fsp3) is 0.464. The zero-order chi connectivity index (χ0) is 24.6. The Morgan fingerprint density at radius 2 is 2.00 bits per heavy atom. The quantitative estimate of drug-likeness (QED) is 0.498. The molecule has 7 nitrogen and oxygen atoms in total. The van der Waals surface area contributed by atoms with Gasteiger partial charge in [-0.3, -0.25) is 9.78 Å². The molecule has 1 fully saturated rings. The first-order valence-electron chi connectivity index (χ1n) is 12.7. The molecule has 2 aliphatic rings. The van der Waals surface area contributed by atoms with Gasteiger partial charge in [0.25, 0.3) is 5.91 Å². The van der Waals surface area contributed by atoms with Crippen LogP contribution in [0.3, 0.4) is 0 Å². The third-order valence-corrected chi connectivity index (χ3v) is 7.52. The average Bonchev–Trinajstić information content (AvgIpc) is 3.17. The van der Waals surface area contributed by atoms with Gasteiger partial charge in [0.05, 0.1) is 23.0 Å². The minimum Gasteiger partial charge on any atom is -0.393 e. The number of primary amides is 1. The number of aliphatic hydroxyl groups excluding tert-OH is 1. The Kier molecular flexibility index (Phi) is 6.36. The number of anilines is 1. The fourth-order valence-corrected chi connectivity index (χ4v) is 5.48. The van der Waals surface area contributed by atoms with E-state index >= 15 is 0 Å². The summed E-state index contributed by atoms with van der Waals surface area (Å²) in [6, 6.07) is 11.9. The molecule has 4 N–H and O–H groups in total. The number of hydrogen-bond donors (Lipinski definition) is 3. The van der Waals surface area contributed by atoms with Crippen LogP contribution in [0.5, 0.6) is 0 Å². The molecule has 3 aromatic rings. The van der Waals surface area contributed by atoms with Gasteiger partial charge in [0.15, 0.2) is 0 Å². The number of benzene rings is 1. The van der Waals surface area contributed by atoms with Crippen molar-refractivity contribution in [3.05, 3.63) is 70.8 Å². The molecule has 1 saturated carbocycles. The summed E-state index contributed by atoms with van der Waals surface area (Å²) in [6.07, 6.45) is 8.62. The second-order valence-electron chi connectivity index (χ2n) is 10.9. The van der Waals surface area contributed by atoms with Gasteiger partial charge in [-0.2, -0.15) is 5.10 Å². The lowest BCUT2D eigenvalue weighted by molar-refractivity contribution is 0.100. The van der Waals surface area contributed by atoms with E-state index in [-0.39, 0.29) is 17.6 Å². The largest absolute Gasteiger partial charge is 0.393 e. The third kappa shape index (κ3) is 5.10. The fourth-order valence-electron chi connectivity index (χ4n) is 5.48. The third-order valence-electron chi connectivity index (χ3n) is 7.52. The normalized spacial score (nSPS) is 21.3. The molecule has 0 aliphatic heterocycles. The number of pyridine rings is 1. The van der Waals surface area contributed by atoms with Crippen molar-refractivity contribution in [2.45, 2.75) is 77.4 Å². The van der Waals surface area contributed by atoms with Crippen molar-refractivity contribution in [2.24, 2.45) is 11.1 Å². The molecule has 1 aromatic carbocycles. The summed E-state index contributed by atoms with van der Waals surface area (Å²) in [5.41, 5.74) is 12.7. The van der Waals surface area contributed by atoms with E-state index in [4.69, 9.17) is 10.8 Å². The molecule has 2 heterocycles. The molecule has 184 valence electrons. The van der Waals surface area contributed by atoms with Crippen molar-refractivity contribution in [3.8, 4) is 5.69 Å². The molecule has 0 spiro atoms. The zero-order valence-electron chi connectivity index (χ0n) is 20.6. The second kappa shape index (κ2) is 9.46. The van der Waals surface area contributed by atoms with Gasteiger partial charge in [-0.25, -0.2) is 4.68 Å². The maximum Gasteiger partial charge on any atom is 0.250 e. The van der Waals surface area contributed by atoms with Crippen molar-refractivity contribution in [3.63, 3.8) is 0 Å². The molecule has 0 unspecified atom stereocenters. The Morgan fingerprint density at radius 1 is 1.20 bits per heavy atom. The van der Waals surface area contributed by atoms with Gasteiger partial charge in [-0.05, 0) is 86.3 Å². The molecule has 2 aromatic heterocycles. The minimum atomic E-state index is -0.450. The number of fused-ring (bicyclic) bond motifs is 1. The standard InChI is InChI=1S/C28H35N5O2/c1-28(2)13-12-22-25(15-19-5-3-4-14-30-19)32-33(26(22)17-28)20-8-11-23(27(29)35)24(16-20)31-18-6-9-21(34)10-7-18/h3-5,8,11,14,16,18,21,31,34H,6-7,9-10,12-13,15,17H2,1-2H3,(H2,29,35)/t18-,21-. The Morgan fingerprint density at radius 3 is 2.71 bits per heavy atom. The number of aliphatic hydroxyl groups is 1. The molecule has 0 bridgehead atoms. The van der Waals surface area contributed by atoms with Crippen LogP contribution in [0.25, 0.3) is 5.69 Å². The van der Waals surface area contributed by atoms with E-state index in [0.29, 0.717) is 12.0 Å². The van der Waals surface area contributed by atoms with E-state index in [2.05, 4.69) is 28.8 Å². The number of carbonyl (C=O) groups excluding carboxylic acids is 1. The molecular formula is C28H35N5O2. The van der Waals surface area contributed by atoms with Gasteiger partial charge >= 0.3 is 0 Å². The molecule has 1 amide bonds. The lowest BCUT2D eigenvalue weighted by Gasteiger charge is -2.30. The number of aromatic nitrogens is 3. The molecule has 35 heavy (non-hydrogen) atoms. The van der Waals surface area contributed by atoms with Crippen molar-refractivity contribution in [1.29, 1.82) is 0 Å². The van der Waals surface area contributed by atoms with E-state index < -0.39 is 5.91 Å². The lowest BCUT2D eigenvalue weighted by atomic mass is 9.76. The summed E-state index contributed by atoms with van der Waals surface area (Å²) in [4.78, 5) is 16.7. The number of nitrogens with one attached hydrogen (secondary N) is 1. The van der Waals surface area contributed by atoms with Crippen LogP contribution in [0.4, 0.5) is 5.69 Å². The number of nitrogens with zero attached hydrogens (tertiary/aromatic N) is 3. The highest BCUT2D eigenvalue weighted by molar-refractivity contribution is 5.99. The highest BCUT2D eigenvalue weighted by Gasteiger charge is 2.31. The Balaban J connectivity index is 1.53. The number of nitrogens with two attached hydrogens (primary N) is 1. The van der Waals surface area contributed by atoms with E-state index in [0.717, 1.165) is 67.7 Å². The summed E-state index contributed by atoms with van der Waals surface area (Å²) in [5, 5.41) is 18.5. The van der Waals surface area contributed by atoms with Crippen LogP contribution in [-0.2, 0) is 19.3 Å². The summed E-state index contributed by atoms with van der Waals surface area (Å²) in [5.74, 6) is -0.450. The average molecular weight is 474 g/mol. The van der Waals surface area contributed by atoms with E-state index in [1.807, 2.05) is 36.5 Å². The Labute approximate surface area is 206 Å². The van der Waals surface area contributed by atoms with E-state index in [9.17, 15) is 9.90 Å². The van der Waals surface area contributed by atoms with E-state index in [1.165, 1.54) is 11.3 Å². The summed E-state index contributed by atoms with van der Waals surface area (Å²) >= 11 is 0. The van der Waals surface area contributed by atoms with Gasteiger partial charge in [0.1, 0.15) is 0 Å². The lowest BCUT2D eigenvalue weighted by Crippen LogP contribution is -2.29. The van der Waals surface area contributed by atoms with Crippen molar-refractivity contribution in [1.82, 2.24) is 14.8 Å². The summed E-state index contributed by atoms with van der Waals surface area (Å²) < 4.78 is 2.06. The van der Waals surface area contributed by atoms with Gasteiger partial charge in [0.2, 0.25) is 0 Å². The van der Waals surface area contributed by atoms with Crippen molar-refractivity contribution < 1.29 is 9.90 Å². The number of amides is 1. The maximum absolute atomic E-state index is 12.2. The number of rotatable bonds is 6. The van der Waals surface area contributed by atoms with Crippen LogP contribution in [-0.4, -0.2) is 37.9 Å². The van der Waals surface area contributed by atoms with Crippen LogP contribution >= 0.6 is 0 Å². The Hall–Kier alpha value is -3.19. The highest BCUT2D eigenvalue weighted by Crippen LogP contribution is 2.38. The van der Waals surface area contributed by atoms with Crippen molar-refractivity contribution in [2.75, 3.05) is 5.32 Å². The van der Waals surface area contributed by atoms with Crippen LogP contribution < -0.4 is 11.1 Å².